The van der Waals surface area contributed by atoms with Crippen molar-refractivity contribution in [1.29, 1.82) is 0 Å². The molecule has 0 saturated heterocycles. The highest BCUT2D eigenvalue weighted by molar-refractivity contribution is 9.10. The average molecular weight is 323 g/mol. The Hall–Kier alpha value is -1.27. The fourth-order valence-electron chi connectivity index (χ4n) is 2.65. The van der Waals surface area contributed by atoms with Gasteiger partial charge in [0.1, 0.15) is 0 Å². The van der Waals surface area contributed by atoms with E-state index in [-0.39, 0.29) is 0 Å². The second kappa shape index (κ2) is 4.68. The Morgan fingerprint density at radius 2 is 2.26 bits per heavy atom. The maximum absolute atomic E-state index is 10.7. The van der Waals surface area contributed by atoms with Crippen molar-refractivity contribution in [3.05, 3.63) is 39.6 Å². The molecule has 6 heteroatoms. The average Bonchev–Trinajstić information content (AvgIpc) is 2.75. The number of halogens is 1. The zero-order valence-electron chi connectivity index (χ0n) is 10.7. The third-order valence-corrected chi connectivity index (χ3v) is 4.08. The van der Waals surface area contributed by atoms with Crippen molar-refractivity contribution in [2.75, 3.05) is 0 Å². The normalized spacial score (nSPS) is 22.3. The molecule has 19 heavy (non-hydrogen) atoms. The predicted octanol–water partition coefficient (Wildman–Crippen LogP) is 1.44. The van der Waals surface area contributed by atoms with Crippen molar-refractivity contribution in [2.24, 2.45) is 7.05 Å². The van der Waals surface area contributed by atoms with Gasteiger partial charge in [0.15, 0.2) is 5.82 Å². The van der Waals surface area contributed by atoms with Crippen LogP contribution in [-0.2, 0) is 26.3 Å². The highest BCUT2D eigenvalue weighted by Gasteiger charge is 2.33. The summed E-state index contributed by atoms with van der Waals surface area (Å²) in [5.41, 5.74) is 1.76. The van der Waals surface area contributed by atoms with Gasteiger partial charge in [-0.2, -0.15) is 4.80 Å². The highest BCUT2D eigenvalue weighted by Crippen LogP contribution is 2.32. The summed E-state index contributed by atoms with van der Waals surface area (Å²) < 4.78 is 1.09. The van der Waals surface area contributed by atoms with Gasteiger partial charge in [-0.25, -0.2) is 0 Å². The Bertz CT molecular complexity index is 612. The monoisotopic (exact) mass is 322 g/mol. The molecule has 1 N–H and O–H groups in total. The number of hydrogen-bond donors (Lipinski definition) is 1. The summed E-state index contributed by atoms with van der Waals surface area (Å²) in [7, 11) is 1.73. The van der Waals surface area contributed by atoms with Crippen molar-refractivity contribution in [3.63, 3.8) is 0 Å². The van der Waals surface area contributed by atoms with Crippen LogP contribution < -0.4 is 0 Å². The van der Waals surface area contributed by atoms with Crippen molar-refractivity contribution in [2.45, 2.75) is 31.3 Å². The molecule has 0 saturated carbocycles. The third-order valence-electron chi connectivity index (χ3n) is 3.58. The molecule has 1 aliphatic carbocycles. The van der Waals surface area contributed by atoms with Gasteiger partial charge in [0.25, 0.3) is 0 Å². The zero-order chi connectivity index (χ0) is 13.5. The summed E-state index contributed by atoms with van der Waals surface area (Å²) in [6.07, 6.45) is 2.71. The van der Waals surface area contributed by atoms with E-state index in [0.29, 0.717) is 18.7 Å². The Morgan fingerprint density at radius 1 is 1.42 bits per heavy atom. The molecular formula is C13H15BrN4O. The van der Waals surface area contributed by atoms with Crippen LogP contribution in [0.1, 0.15) is 23.4 Å². The standard InChI is InChI=1S/C13H15BrN4O/c1-18-16-12(15-17-18)8-13(19)5-4-9-6-11(14)3-2-10(9)7-13/h2-3,6,19H,4-5,7-8H2,1H3. The molecule has 1 heterocycles. The van der Waals surface area contributed by atoms with E-state index in [1.54, 1.807) is 7.05 Å². The van der Waals surface area contributed by atoms with E-state index in [1.807, 2.05) is 6.07 Å². The summed E-state index contributed by atoms with van der Waals surface area (Å²) in [6, 6.07) is 6.23. The zero-order valence-corrected chi connectivity index (χ0v) is 12.3. The van der Waals surface area contributed by atoms with E-state index in [1.165, 1.54) is 15.9 Å². The van der Waals surface area contributed by atoms with E-state index in [9.17, 15) is 5.11 Å². The van der Waals surface area contributed by atoms with Crippen molar-refractivity contribution in [3.8, 4) is 0 Å². The van der Waals surface area contributed by atoms with Crippen molar-refractivity contribution >= 4 is 15.9 Å². The van der Waals surface area contributed by atoms with E-state index in [0.717, 1.165) is 17.3 Å². The second-order valence-electron chi connectivity index (χ2n) is 5.19. The molecule has 3 rings (SSSR count). The SMILES string of the molecule is Cn1nnc(CC2(O)CCc3cc(Br)ccc3C2)n1. The number of nitrogens with zero attached hydrogens (tertiary/aromatic N) is 4. The van der Waals surface area contributed by atoms with Gasteiger partial charge in [0.2, 0.25) is 0 Å². The molecule has 0 amide bonds. The van der Waals surface area contributed by atoms with Crippen LogP contribution in [0.2, 0.25) is 0 Å². The first-order chi connectivity index (χ1) is 9.04. The van der Waals surface area contributed by atoms with Crippen LogP contribution in [0, 0.1) is 0 Å². The number of hydrogen-bond acceptors (Lipinski definition) is 4. The van der Waals surface area contributed by atoms with Crippen molar-refractivity contribution < 1.29 is 5.11 Å². The summed E-state index contributed by atoms with van der Waals surface area (Å²) >= 11 is 3.48. The van der Waals surface area contributed by atoms with Crippen LogP contribution in [0.5, 0.6) is 0 Å². The molecule has 0 fully saturated rings. The lowest BCUT2D eigenvalue weighted by Gasteiger charge is -2.32. The molecule has 100 valence electrons. The van der Waals surface area contributed by atoms with Gasteiger partial charge in [0.05, 0.1) is 12.6 Å². The van der Waals surface area contributed by atoms with Gasteiger partial charge in [-0.15, -0.1) is 10.2 Å². The first kappa shape index (κ1) is 12.7. The quantitative estimate of drug-likeness (QED) is 0.908. The molecular weight excluding hydrogens is 308 g/mol. The van der Waals surface area contributed by atoms with Crippen LogP contribution in [0.25, 0.3) is 0 Å². The summed E-state index contributed by atoms with van der Waals surface area (Å²) in [4.78, 5) is 1.42. The topological polar surface area (TPSA) is 63.8 Å². The number of tetrazole rings is 1. The van der Waals surface area contributed by atoms with E-state index in [4.69, 9.17) is 0 Å². The van der Waals surface area contributed by atoms with Crippen molar-refractivity contribution in [1.82, 2.24) is 20.2 Å². The molecule has 1 unspecified atom stereocenters. The minimum atomic E-state index is -0.760. The molecule has 0 aliphatic heterocycles. The Labute approximate surface area is 119 Å². The number of fused-ring (bicyclic) bond motifs is 1. The Morgan fingerprint density at radius 3 is 3.00 bits per heavy atom. The molecule has 5 nitrogen and oxygen atoms in total. The summed E-state index contributed by atoms with van der Waals surface area (Å²) in [5.74, 6) is 0.602. The van der Waals surface area contributed by atoms with E-state index < -0.39 is 5.60 Å². The number of benzene rings is 1. The molecule has 2 aromatic rings. The van der Waals surface area contributed by atoms with Crippen LogP contribution >= 0.6 is 15.9 Å². The molecule has 1 atom stereocenters. The fraction of sp³-hybridized carbons (Fsp3) is 0.462. The van der Waals surface area contributed by atoms with Gasteiger partial charge >= 0.3 is 0 Å². The minimum Gasteiger partial charge on any atom is -0.389 e. The van der Waals surface area contributed by atoms with Crippen LogP contribution in [-0.4, -0.2) is 30.9 Å². The first-order valence-corrected chi connectivity index (χ1v) is 7.06. The smallest absolute Gasteiger partial charge is 0.177 e. The number of aromatic nitrogens is 4. The van der Waals surface area contributed by atoms with Gasteiger partial charge in [-0.1, -0.05) is 22.0 Å². The fourth-order valence-corrected chi connectivity index (χ4v) is 3.06. The minimum absolute atomic E-state index is 0.455. The van der Waals surface area contributed by atoms with Crippen LogP contribution in [0.15, 0.2) is 22.7 Å². The van der Waals surface area contributed by atoms with Gasteiger partial charge in [-0.3, -0.25) is 0 Å². The Kier molecular flexibility index (Phi) is 3.14. The summed E-state index contributed by atoms with van der Waals surface area (Å²) in [5, 5.41) is 22.6. The van der Waals surface area contributed by atoms with Gasteiger partial charge in [-0.05, 0) is 41.3 Å². The first-order valence-electron chi connectivity index (χ1n) is 6.27. The number of aliphatic hydroxyl groups is 1. The maximum atomic E-state index is 10.7. The van der Waals surface area contributed by atoms with Crippen LogP contribution in [0.4, 0.5) is 0 Å². The van der Waals surface area contributed by atoms with Gasteiger partial charge < -0.3 is 5.11 Å². The molecule has 1 aromatic carbocycles. The largest absolute Gasteiger partial charge is 0.389 e. The lowest BCUT2D eigenvalue weighted by molar-refractivity contribution is 0.0248. The number of aryl methyl sites for hydroxylation is 2. The highest BCUT2D eigenvalue weighted by atomic mass is 79.9. The molecule has 0 bridgehead atoms. The number of rotatable bonds is 2. The lowest BCUT2D eigenvalue weighted by atomic mass is 9.78. The van der Waals surface area contributed by atoms with E-state index >= 15 is 0 Å². The predicted molar refractivity (Wildman–Crippen MR) is 73.6 cm³/mol. The third kappa shape index (κ3) is 2.69. The second-order valence-corrected chi connectivity index (χ2v) is 6.10. The lowest BCUT2D eigenvalue weighted by Crippen LogP contribution is -2.38. The van der Waals surface area contributed by atoms with Crippen LogP contribution in [0.3, 0.4) is 0 Å². The van der Waals surface area contributed by atoms with E-state index in [2.05, 4.69) is 43.5 Å². The van der Waals surface area contributed by atoms with Gasteiger partial charge in [0, 0.05) is 17.3 Å². The molecule has 1 aromatic heterocycles. The Balaban J connectivity index is 1.81. The molecule has 0 radical (unpaired) electrons. The summed E-state index contributed by atoms with van der Waals surface area (Å²) in [6.45, 7) is 0. The molecule has 1 aliphatic rings. The molecule has 0 spiro atoms. The maximum Gasteiger partial charge on any atom is 0.177 e.